The lowest BCUT2D eigenvalue weighted by molar-refractivity contribution is -0.131. The molecular formula is C21H21N3O3S2. The smallest absolute Gasteiger partial charge is 0.273 e. The molecule has 0 unspecified atom stereocenters. The number of thiazole rings is 1. The highest BCUT2D eigenvalue weighted by Gasteiger charge is 2.26. The minimum Gasteiger partial charge on any atom is -0.497 e. The molecule has 3 heterocycles. The Labute approximate surface area is 177 Å². The van der Waals surface area contributed by atoms with Gasteiger partial charge in [-0.15, -0.1) is 22.7 Å². The van der Waals surface area contributed by atoms with Crippen molar-refractivity contribution in [3.63, 3.8) is 0 Å². The predicted molar refractivity (Wildman–Crippen MR) is 115 cm³/mol. The molecule has 0 spiro atoms. The highest BCUT2D eigenvalue weighted by molar-refractivity contribution is 7.20. The molecule has 1 saturated heterocycles. The van der Waals surface area contributed by atoms with Crippen LogP contribution < -0.4 is 4.74 Å². The summed E-state index contributed by atoms with van der Waals surface area (Å²) in [6, 6.07) is 11.5. The van der Waals surface area contributed by atoms with Gasteiger partial charge in [0.05, 0.1) is 18.4 Å². The Balaban J connectivity index is 1.33. The van der Waals surface area contributed by atoms with Crippen molar-refractivity contribution in [3.8, 4) is 15.6 Å². The van der Waals surface area contributed by atoms with Gasteiger partial charge in [-0.2, -0.15) is 0 Å². The number of aromatic nitrogens is 1. The van der Waals surface area contributed by atoms with E-state index in [0.717, 1.165) is 21.2 Å². The summed E-state index contributed by atoms with van der Waals surface area (Å²) < 4.78 is 5.22. The van der Waals surface area contributed by atoms with Crippen molar-refractivity contribution in [2.45, 2.75) is 6.42 Å². The summed E-state index contributed by atoms with van der Waals surface area (Å²) in [5, 5.41) is 4.69. The van der Waals surface area contributed by atoms with Crippen molar-refractivity contribution in [1.29, 1.82) is 0 Å². The van der Waals surface area contributed by atoms with Crippen molar-refractivity contribution in [3.05, 3.63) is 58.4 Å². The summed E-state index contributed by atoms with van der Waals surface area (Å²) >= 11 is 3.10. The van der Waals surface area contributed by atoms with Crippen LogP contribution in [0.5, 0.6) is 5.75 Å². The van der Waals surface area contributed by atoms with Gasteiger partial charge in [-0.25, -0.2) is 4.98 Å². The molecule has 3 aromatic rings. The summed E-state index contributed by atoms with van der Waals surface area (Å²) in [5.41, 5.74) is 1.41. The van der Waals surface area contributed by atoms with Gasteiger partial charge in [0, 0.05) is 31.6 Å². The Morgan fingerprint density at radius 3 is 2.59 bits per heavy atom. The molecule has 1 aliphatic heterocycles. The van der Waals surface area contributed by atoms with E-state index in [1.165, 1.54) is 11.3 Å². The molecule has 0 atom stereocenters. The third kappa shape index (κ3) is 4.49. The van der Waals surface area contributed by atoms with Gasteiger partial charge in [-0.3, -0.25) is 9.59 Å². The van der Waals surface area contributed by atoms with Gasteiger partial charge in [0.2, 0.25) is 5.91 Å². The van der Waals surface area contributed by atoms with Gasteiger partial charge in [0.15, 0.2) is 0 Å². The zero-order valence-electron chi connectivity index (χ0n) is 16.0. The van der Waals surface area contributed by atoms with Gasteiger partial charge in [0.1, 0.15) is 16.5 Å². The molecule has 8 heteroatoms. The predicted octanol–water partition coefficient (Wildman–Crippen LogP) is 3.41. The third-order valence-corrected chi connectivity index (χ3v) is 6.75. The number of methoxy groups -OCH3 is 1. The number of amides is 2. The van der Waals surface area contributed by atoms with Crippen LogP contribution in [0.3, 0.4) is 0 Å². The van der Waals surface area contributed by atoms with E-state index in [2.05, 4.69) is 4.98 Å². The molecule has 1 fully saturated rings. The van der Waals surface area contributed by atoms with E-state index in [4.69, 9.17) is 4.74 Å². The average molecular weight is 428 g/mol. The first kappa shape index (κ1) is 19.6. The van der Waals surface area contributed by atoms with Gasteiger partial charge in [0.25, 0.3) is 5.91 Å². The molecule has 0 N–H and O–H groups in total. The van der Waals surface area contributed by atoms with Crippen LogP contribution >= 0.6 is 22.7 Å². The molecule has 0 aliphatic carbocycles. The van der Waals surface area contributed by atoms with Crippen LogP contribution in [0.4, 0.5) is 0 Å². The molecule has 2 amide bonds. The SMILES string of the molecule is COc1cccc(CC(=O)N2CCN(C(=O)c3csc(-c4cccs4)n3)CC2)c1. The van der Waals surface area contributed by atoms with Gasteiger partial charge in [-0.05, 0) is 29.1 Å². The Morgan fingerprint density at radius 2 is 1.86 bits per heavy atom. The molecule has 4 rings (SSSR count). The summed E-state index contributed by atoms with van der Waals surface area (Å²) in [5.74, 6) is 0.749. The number of hydrogen-bond acceptors (Lipinski definition) is 6. The van der Waals surface area contributed by atoms with E-state index in [1.54, 1.807) is 23.3 Å². The first-order chi connectivity index (χ1) is 14.1. The number of hydrogen-bond donors (Lipinski definition) is 0. The van der Waals surface area contributed by atoms with E-state index >= 15 is 0 Å². The zero-order chi connectivity index (χ0) is 20.2. The molecule has 6 nitrogen and oxygen atoms in total. The number of benzene rings is 1. The molecule has 1 aliphatic rings. The molecule has 29 heavy (non-hydrogen) atoms. The fourth-order valence-corrected chi connectivity index (χ4v) is 4.88. The van der Waals surface area contributed by atoms with Crippen LogP contribution in [0.25, 0.3) is 9.88 Å². The average Bonchev–Trinajstić information content (AvgIpc) is 3.45. The first-order valence-electron chi connectivity index (χ1n) is 9.33. The topological polar surface area (TPSA) is 62.7 Å². The van der Waals surface area contributed by atoms with E-state index in [0.29, 0.717) is 38.3 Å². The summed E-state index contributed by atoms with van der Waals surface area (Å²) in [7, 11) is 1.61. The van der Waals surface area contributed by atoms with Gasteiger partial charge < -0.3 is 14.5 Å². The quantitative estimate of drug-likeness (QED) is 0.626. The molecule has 0 bridgehead atoms. The van der Waals surface area contributed by atoms with E-state index in [9.17, 15) is 9.59 Å². The van der Waals surface area contributed by atoms with Crippen LogP contribution in [0, 0.1) is 0 Å². The maximum Gasteiger partial charge on any atom is 0.273 e. The van der Waals surface area contributed by atoms with E-state index in [1.807, 2.05) is 52.1 Å². The zero-order valence-corrected chi connectivity index (χ0v) is 17.7. The highest BCUT2D eigenvalue weighted by Crippen LogP contribution is 2.28. The second-order valence-electron chi connectivity index (χ2n) is 6.72. The summed E-state index contributed by atoms with van der Waals surface area (Å²) in [6.07, 6.45) is 0.335. The number of ether oxygens (including phenoxy) is 1. The number of piperazine rings is 1. The van der Waals surface area contributed by atoms with E-state index in [-0.39, 0.29) is 11.8 Å². The van der Waals surface area contributed by atoms with Crippen molar-refractivity contribution in [1.82, 2.24) is 14.8 Å². The Kier molecular flexibility index (Phi) is 5.92. The Morgan fingerprint density at radius 1 is 1.07 bits per heavy atom. The lowest BCUT2D eigenvalue weighted by Gasteiger charge is -2.34. The number of rotatable bonds is 5. The van der Waals surface area contributed by atoms with Gasteiger partial charge in [-0.1, -0.05) is 18.2 Å². The largest absolute Gasteiger partial charge is 0.497 e. The molecule has 1 aromatic carbocycles. The van der Waals surface area contributed by atoms with Crippen molar-refractivity contribution in [2.24, 2.45) is 0 Å². The van der Waals surface area contributed by atoms with Gasteiger partial charge >= 0.3 is 0 Å². The van der Waals surface area contributed by atoms with Crippen LogP contribution in [-0.4, -0.2) is 59.9 Å². The lowest BCUT2D eigenvalue weighted by Crippen LogP contribution is -2.51. The maximum atomic E-state index is 12.8. The lowest BCUT2D eigenvalue weighted by atomic mass is 10.1. The molecule has 0 saturated carbocycles. The molecular weight excluding hydrogens is 406 g/mol. The van der Waals surface area contributed by atoms with Crippen molar-refractivity contribution >= 4 is 34.5 Å². The monoisotopic (exact) mass is 427 g/mol. The Hall–Kier alpha value is -2.71. The van der Waals surface area contributed by atoms with Crippen LogP contribution in [0.2, 0.25) is 0 Å². The Bertz CT molecular complexity index is 992. The number of thiophene rings is 1. The van der Waals surface area contributed by atoms with E-state index < -0.39 is 0 Å². The number of nitrogens with zero attached hydrogens (tertiary/aromatic N) is 3. The maximum absolute atomic E-state index is 12.8. The van der Waals surface area contributed by atoms with Crippen LogP contribution in [0.1, 0.15) is 16.1 Å². The molecule has 150 valence electrons. The fourth-order valence-electron chi connectivity index (χ4n) is 3.28. The number of carbonyl (C=O) groups is 2. The second-order valence-corrected chi connectivity index (χ2v) is 8.52. The minimum atomic E-state index is -0.0658. The minimum absolute atomic E-state index is 0.0658. The van der Waals surface area contributed by atoms with Crippen molar-refractivity contribution < 1.29 is 14.3 Å². The normalized spacial score (nSPS) is 14.1. The molecule has 2 aromatic heterocycles. The highest BCUT2D eigenvalue weighted by atomic mass is 32.1. The van der Waals surface area contributed by atoms with Crippen LogP contribution in [0.15, 0.2) is 47.2 Å². The second kappa shape index (κ2) is 8.75. The fraction of sp³-hybridized carbons (Fsp3) is 0.286. The van der Waals surface area contributed by atoms with Crippen LogP contribution in [-0.2, 0) is 11.2 Å². The third-order valence-electron chi connectivity index (χ3n) is 4.86. The standard InChI is InChI=1S/C21H21N3O3S2/c1-27-16-5-2-4-15(12-16)13-19(25)23-7-9-24(10-8-23)21(26)17-14-29-20(22-17)18-6-3-11-28-18/h2-6,11-12,14H,7-10,13H2,1H3. The summed E-state index contributed by atoms with van der Waals surface area (Å²) in [6.45, 7) is 2.12. The summed E-state index contributed by atoms with van der Waals surface area (Å²) in [4.78, 5) is 34.6. The number of carbonyl (C=O) groups excluding carboxylic acids is 2. The van der Waals surface area contributed by atoms with Crippen molar-refractivity contribution in [2.75, 3.05) is 33.3 Å². The molecule has 0 radical (unpaired) electrons. The first-order valence-corrected chi connectivity index (χ1v) is 11.1.